The van der Waals surface area contributed by atoms with E-state index in [0.717, 1.165) is 60.8 Å². The molecule has 2 aliphatic heterocycles. The second-order valence-corrected chi connectivity index (χ2v) is 7.22. The zero-order valence-corrected chi connectivity index (χ0v) is 15.6. The highest BCUT2D eigenvalue weighted by Crippen LogP contribution is 2.33. The molecule has 8 nitrogen and oxygen atoms in total. The van der Waals surface area contributed by atoms with Crippen molar-refractivity contribution < 1.29 is 13.9 Å². The summed E-state index contributed by atoms with van der Waals surface area (Å²) in [6, 6.07) is 2.14. The van der Waals surface area contributed by atoms with Crippen LogP contribution in [-0.4, -0.2) is 72.5 Å². The van der Waals surface area contributed by atoms with Crippen molar-refractivity contribution in [3.63, 3.8) is 0 Å². The molecule has 0 saturated carbocycles. The van der Waals surface area contributed by atoms with Gasteiger partial charge in [-0.25, -0.2) is 15.0 Å². The van der Waals surface area contributed by atoms with E-state index in [1.54, 1.807) is 7.11 Å². The van der Waals surface area contributed by atoms with Crippen LogP contribution in [0.2, 0.25) is 0 Å². The molecule has 0 N–H and O–H groups in total. The summed E-state index contributed by atoms with van der Waals surface area (Å²) in [5.41, 5.74) is 3.32. The first-order valence-electron chi connectivity index (χ1n) is 9.35. The van der Waals surface area contributed by atoms with Crippen LogP contribution in [0.4, 0.5) is 5.82 Å². The number of anilines is 1. The second kappa shape index (κ2) is 6.70. The van der Waals surface area contributed by atoms with E-state index in [4.69, 9.17) is 13.9 Å². The third-order valence-corrected chi connectivity index (χ3v) is 5.29. The predicted molar refractivity (Wildman–Crippen MR) is 101 cm³/mol. The monoisotopic (exact) mass is 369 g/mol. The number of fused-ring (bicyclic) bond motifs is 3. The minimum absolute atomic E-state index is 0.350. The highest BCUT2D eigenvalue weighted by molar-refractivity contribution is 6.04. The van der Waals surface area contributed by atoms with Crippen LogP contribution in [0.15, 0.2) is 16.7 Å². The van der Waals surface area contributed by atoms with Crippen molar-refractivity contribution in [2.45, 2.75) is 19.6 Å². The van der Waals surface area contributed by atoms with E-state index >= 15 is 0 Å². The van der Waals surface area contributed by atoms with E-state index in [0.29, 0.717) is 30.6 Å². The average molecular weight is 369 g/mol. The number of hydrogen-bond acceptors (Lipinski definition) is 8. The van der Waals surface area contributed by atoms with Crippen LogP contribution in [0, 0.1) is 6.92 Å². The molecule has 5 rings (SSSR count). The van der Waals surface area contributed by atoms with Gasteiger partial charge in [0.15, 0.2) is 11.4 Å². The third-order valence-electron chi connectivity index (χ3n) is 5.29. The number of methoxy groups -OCH3 is 1. The van der Waals surface area contributed by atoms with Gasteiger partial charge in [-0.15, -0.1) is 0 Å². The number of furan rings is 1. The summed E-state index contributed by atoms with van der Waals surface area (Å²) in [6.45, 7) is 7.71. The van der Waals surface area contributed by atoms with Crippen LogP contribution in [0.1, 0.15) is 11.4 Å². The van der Waals surface area contributed by atoms with Crippen molar-refractivity contribution in [1.29, 1.82) is 0 Å². The lowest BCUT2D eigenvalue weighted by atomic mass is 10.1. The van der Waals surface area contributed by atoms with Crippen molar-refractivity contribution in [3.8, 4) is 0 Å². The molecule has 2 saturated heterocycles. The van der Waals surface area contributed by atoms with Crippen LogP contribution >= 0.6 is 0 Å². The van der Waals surface area contributed by atoms with E-state index in [1.165, 1.54) is 0 Å². The number of pyridine rings is 1. The molecule has 0 aromatic carbocycles. The van der Waals surface area contributed by atoms with E-state index in [-0.39, 0.29) is 0 Å². The van der Waals surface area contributed by atoms with Gasteiger partial charge >= 0.3 is 0 Å². The molecular weight excluding hydrogens is 346 g/mol. The number of rotatable bonds is 4. The maximum atomic E-state index is 6.07. The Bertz CT molecular complexity index is 976. The molecule has 2 aliphatic rings. The highest BCUT2D eigenvalue weighted by Gasteiger charge is 2.27. The molecule has 0 unspecified atom stereocenters. The Morgan fingerprint density at radius 1 is 1.22 bits per heavy atom. The fourth-order valence-electron chi connectivity index (χ4n) is 3.80. The van der Waals surface area contributed by atoms with Gasteiger partial charge in [-0.3, -0.25) is 4.90 Å². The molecule has 0 atom stereocenters. The predicted octanol–water partition coefficient (Wildman–Crippen LogP) is 1.75. The number of ether oxygens (including phenoxy) is 2. The summed E-state index contributed by atoms with van der Waals surface area (Å²) >= 11 is 0. The van der Waals surface area contributed by atoms with E-state index in [1.807, 2.05) is 13.1 Å². The molecule has 3 aromatic rings. The maximum Gasteiger partial charge on any atom is 0.229 e. The molecule has 0 amide bonds. The standard InChI is InChI=1S/C19H23N5O3/c1-12-21-16-15-7-13(9-23-10-14(11-23)25-2)8-20-19(15)27-17(16)18(22-12)24-3-5-26-6-4-24/h7-8,14H,3-6,9-11H2,1-2H3. The summed E-state index contributed by atoms with van der Waals surface area (Å²) in [5.74, 6) is 1.58. The van der Waals surface area contributed by atoms with Gasteiger partial charge in [-0.05, 0) is 18.6 Å². The van der Waals surface area contributed by atoms with Gasteiger partial charge in [-0.1, -0.05) is 0 Å². The normalized spacial score (nSPS) is 19.1. The lowest BCUT2D eigenvalue weighted by molar-refractivity contribution is -0.0334. The summed E-state index contributed by atoms with van der Waals surface area (Å²) in [6.07, 6.45) is 2.24. The Balaban J connectivity index is 1.52. The number of morpholine rings is 1. The molecule has 5 heterocycles. The number of nitrogens with zero attached hydrogens (tertiary/aromatic N) is 5. The van der Waals surface area contributed by atoms with Gasteiger partial charge < -0.3 is 18.8 Å². The molecule has 0 bridgehead atoms. The fourth-order valence-corrected chi connectivity index (χ4v) is 3.80. The molecule has 27 heavy (non-hydrogen) atoms. The maximum absolute atomic E-state index is 6.07. The van der Waals surface area contributed by atoms with Gasteiger partial charge in [-0.2, -0.15) is 0 Å². The largest absolute Gasteiger partial charge is 0.432 e. The number of likely N-dealkylation sites (tertiary alicyclic amines) is 1. The Morgan fingerprint density at radius 3 is 2.81 bits per heavy atom. The molecule has 142 valence electrons. The van der Waals surface area contributed by atoms with Crippen LogP contribution in [0.3, 0.4) is 0 Å². The molecule has 3 aromatic heterocycles. The van der Waals surface area contributed by atoms with Crippen molar-refractivity contribution >= 4 is 28.0 Å². The molecule has 2 fully saturated rings. The lowest BCUT2D eigenvalue weighted by Gasteiger charge is -2.38. The van der Waals surface area contributed by atoms with Crippen LogP contribution in [0.25, 0.3) is 22.2 Å². The van der Waals surface area contributed by atoms with Crippen molar-refractivity contribution in [2.75, 3.05) is 51.4 Å². The van der Waals surface area contributed by atoms with Crippen LogP contribution in [-0.2, 0) is 16.0 Å². The van der Waals surface area contributed by atoms with Gasteiger partial charge in [0.2, 0.25) is 5.71 Å². The Hall–Kier alpha value is -2.29. The molecule has 0 spiro atoms. The van der Waals surface area contributed by atoms with Gasteiger partial charge in [0.1, 0.15) is 11.3 Å². The Morgan fingerprint density at radius 2 is 2.04 bits per heavy atom. The highest BCUT2D eigenvalue weighted by atomic mass is 16.5. The number of aromatic nitrogens is 3. The summed E-state index contributed by atoms with van der Waals surface area (Å²) in [4.78, 5) is 18.4. The number of aryl methyl sites for hydroxylation is 1. The van der Waals surface area contributed by atoms with E-state index < -0.39 is 0 Å². The zero-order chi connectivity index (χ0) is 18.4. The zero-order valence-electron chi connectivity index (χ0n) is 15.6. The van der Waals surface area contributed by atoms with E-state index in [9.17, 15) is 0 Å². The molecule has 8 heteroatoms. The molecule has 0 radical (unpaired) electrons. The topological polar surface area (TPSA) is 76.8 Å². The minimum atomic E-state index is 0.350. The number of hydrogen-bond donors (Lipinski definition) is 0. The van der Waals surface area contributed by atoms with Crippen molar-refractivity contribution in [2.24, 2.45) is 0 Å². The van der Waals surface area contributed by atoms with E-state index in [2.05, 4.69) is 30.8 Å². The SMILES string of the molecule is COC1CN(Cc2cnc3oc4c(N5CCOCC5)nc(C)nc4c3c2)C1. The van der Waals surface area contributed by atoms with Gasteiger partial charge in [0.25, 0.3) is 0 Å². The first-order chi connectivity index (χ1) is 13.2. The van der Waals surface area contributed by atoms with Crippen LogP contribution in [0.5, 0.6) is 0 Å². The Kier molecular flexibility index (Phi) is 4.18. The van der Waals surface area contributed by atoms with Crippen LogP contribution < -0.4 is 4.90 Å². The summed E-state index contributed by atoms with van der Waals surface area (Å²) < 4.78 is 16.9. The van der Waals surface area contributed by atoms with Crippen molar-refractivity contribution in [1.82, 2.24) is 19.9 Å². The van der Waals surface area contributed by atoms with Gasteiger partial charge in [0, 0.05) is 46.0 Å². The van der Waals surface area contributed by atoms with Crippen molar-refractivity contribution in [3.05, 3.63) is 23.7 Å². The smallest absolute Gasteiger partial charge is 0.229 e. The average Bonchev–Trinajstić information content (AvgIpc) is 3.02. The first-order valence-corrected chi connectivity index (χ1v) is 9.35. The first kappa shape index (κ1) is 16.9. The fraction of sp³-hybridized carbons (Fsp3) is 0.526. The third kappa shape index (κ3) is 3.03. The molecule has 0 aliphatic carbocycles. The quantitative estimate of drug-likeness (QED) is 0.688. The second-order valence-electron chi connectivity index (χ2n) is 7.22. The minimum Gasteiger partial charge on any atom is -0.432 e. The van der Waals surface area contributed by atoms with Gasteiger partial charge in [0.05, 0.1) is 24.7 Å². The summed E-state index contributed by atoms with van der Waals surface area (Å²) in [5, 5.41) is 0.950. The Labute approximate surface area is 157 Å². The lowest BCUT2D eigenvalue weighted by Crippen LogP contribution is -2.50. The summed E-state index contributed by atoms with van der Waals surface area (Å²) in [7, 11) is 1.77. The molecular formula is C19H23N5O3.